The van der Waals surface area contributed by atoms with Crippen LogP contribution in [0.1, 0.15) is 19.4 Å². The molecule has 0 aliphatic heterocycles. The summed E-state index contributed by atoms with van der Waals surface area (Å²) in [7, 11) is 0. The van der Waals surface area contributed by atoms with Crippen LogP contribution in [0.4, 0.5) is 0 Å². The largest absolute Gasteiger partial charge is 0.480 e. The van der Waals surface area contributed by atoms with E-state index >= 15 is 0 Å². The van der Waals surface area contributed by atoms with Crippen LogP contribution >= 0.6 is 0 Å². The van der Waals surface area contributed by atoms with E-state index in [4.69, 9.17) is 5.11 Å². The van der Waals surface area contributed by atoms with Crippen molar-refractivity contribution in [2.75, 3.05) is 13.2 Å². The van der Waals surface area contributed by atoms with E-state index in [1.165, 1.54) is 0 Å². The number of hydrogen-bond donors (Lipinski definition) is 2. The number of rotatable bonds is 7. The predicted molar refractivity (Wildman–Crippen MR) is 70.2 cm³/mol. The number of benzene rings is 1. The lowest BCUT2D eigenvalue weighted by atomic mass is 10.0. The van der Waals surface area contributed by atoms with Crippen molar-refractivity contribution in [2.45, 2.75) is 26.4 Å². The molecule has 1 unspecified atom stereocenters. The monoisotopic (exact) mass is 251 g/mol. The van der Waals surface area contributed by atoms with Crippen LogP contribution in [-0.4, -0.2) is 40.3 Å². The summed E-state index contributed by atoms with van der Waals surface area (Å²) >= 11 is 0. The first-order valence-electron chi connectivity index (χ1n) is 6.15. The average Bonchev–Trinajstić information content (AvgIpc) is 2.29. The predicted octanol–water partition coefficient (Wildman–Crippen LogP) is 1.59. The molecule has 0 radical (unpaired) electrons. The van der Waals surface area contributed by atoms with Gasteiger partial charge < -0.3 is 10.2 Å². The first-order valence-corrected chi connectivity index (χ1v) is 6.15. The normalized spacial score (nSPS) is 12.9. The van der Waals surface area contributed by atoms with Crippen LogP contribution in [0, 0.1) is 5.92 Å². The van der Waals surface area contributed by atoms with E-state index in [-0.39, 0.29) is 25.1 Å². The van der Waals surface area contributed by atoms with Gasteiger partial charge in [0.1, 0.15) is 0 Å². The Kier molecular flexibility index (Phi) is 5.82. The molecule has 0 aromatic heterocycles. The fourth-order valence-corrected chi connectivity index (χ4v) is 2.03. The highest BCUT2D eigenvalue weighted by Gasteiger charge is 2.23. The molecule has 1 atom stereocenters. The molecule has 0 aliphatic rings. The number of aliphatic hydroxyl groups is 1. The van der Waals surface area contributed by atoms with Gasteiger partial charge in [0.2, 0.25) is 0 Å². The van der Waals surface area contributed by atoms with E-state index in [1.807, 2.05) is 49.1 Å². The Hall–Kier alpha value is -1.39. The summed E-state index contributed by atoms with van der Waals surface area (Å²) < 4.78 is 0. The standard InChI is InChI=1S/C14H21NO3/c1-11(2)13(10-16)15(9-14(17)18)8-12-6-4-3-5-7-12/h3-7,11,13,16H,8-10H2,1-2H3,(H,17,18). The third-order valence-electron chi connectivity index (χ3n) is 2.99. The van der Waals surface area contributed by atoms with Crippen LogP contribution in [0.25, 0.3) is 0 Å². The minimum absolute atomic E-state index is 0.0300. The van der Waals surface area contributed by atoms with Gasteiger partial charge in [-0.1, -0.05) is 44.2 Å². The van der Waals surface area contributed by atoms with Crippen LogP contribution < -0.4 is 0 Å². The lowest BCUT2D eigenvalue weighted by Gasteiger charge is -2.31. The zero-order valence-electron chi connectivity index (χ0n) is 10.9. The number of aliphatic hydroxyl groups excluding tert-OH is 1. The van der Waals surface area contributed by atoms with E-state index < -0.39 is 5.97 Å². The van der Waals surface area contributed by atoms with Gasteiger partial charge in [0, 0.05) is 12.6 Å². The van der Waals surface area contributed by atoms with Crippen molar-refractivity contribution in [3.8, 4) is 0 Å². The first kappa shape index (κ1) is 14.7. The second-order valence-electron chi connectivity index (χ2n) is 4.78. The summed E-state index contributed by atoms with van der Waals surface area (Å²) in [4.78, 5) is 12.7. The Morgan fingerprint density at radius 2 is 1.89 bits per heavy atom. The van der Waals surface area contributed by atoms with Crippen LogP contribution in [0.3, 0.4) is 0 Å². The fourth-order valence-electron chi connectivity index (χ4n) is 2.03. The lowest BCUT2D eigenvalue weighted by molar-refractivity contribution is -0.139. The minimum Gasteiger partial charge on any atom is -0.480 e. The van der Waals surface area contributed by atoms with Gasteiger partial charge in [0.05, 0.1) is 13.2 Å². The summed E-state index contributed by atoms with van der Waals surface area (Å²) in [6.45, 7) is 4.42. The highest BCUT2D eigenvalue weighted by Crippen LogP contribution is 2.14. The maximum absolute atomic E-state index is 10.9. The Labute approximate surface area is 108 Å². The highest BCUT2D eigenvalue weighted by atomic mass is 16.4. The Morgan fingerprint density at radius 1 is 1.28 bits per heavy atom. The van der Waals surface area contributed by atoms with Crippen LogP contribution in [-0.2, 0) is 11.3 Å². The molecule has 1 rings (SSSR count). The lowest BCUT2D eigenvalue weighted by Crippen LogP contribution is -2.43. The molecular formula is C14H21NO3. The number of aliphatic carboxylic acids is 1. The maximum atomic E-state index is 10.9. The van der Waals surface area contributed by atoms with E-state index in [1.54, 1.807) is 0 Å². The second-order valence-corrected chi connectivity index (χ2v) is 4.78. The van der Waals surface area contributed by atoms with E-state index in [9.17, 15) is 9.90 Å². The molecule has 0 saturated heterocycles. The molecular weight excluding hydrogens is 230 g/mol. The molecule has 0 spiro atoms. The topological polar surface area (TPSA) is 60.8 Å². The van der Waals surface area contributed by atoms with Crippen molar-refractivity contribution < 1.29 is 15.0 Å². The molecule has 18 heavy (non-hydrogen) atoms. The fraction of sp³-hybridized carbons (Fsp3) is 0.500. The zero-order valence-corrected chi connectivity index (χ0v) is 10.9. The van der Waals surface area contributed by atoms with Gasteiger partial charge in [0.15, 0.2) is 0 Å². The van der Waals surface area contributed by atoms with Gasteiger partial charge in [-0.2, -0.15) is 0 Å². The summed E-state index contributed by atoms with van der Waals surface area (Å²) in [5, 5.41) is 18.4. The van der Waals surface area contributed by atoms with Gasteiger partial charge in [-0.15, -0.1) is 0 Å². The average molecular weight is 251 g/mol. The Morgan fingerprint density at radius 3 is 2.33 bits per heavy atom. The van der Waals surface area contributed by atoms with Crippen molar-refractivity contribution in [3.63, 3.8) is 0 Å². The van der Waals surface area contributed by atoms with Crippen LogP contribution in [0.5, 0.6) is 0 Å². The molecule has 4 heteroatoms. The molecule has 0 amide bonds. The summed E-state index contributed by atoms with van der Waals surface area (Å²) in [6.07, 6.45) is 0. The van der Waals surface area contributed by atoms with E-state index in [0.29, 0.717) is 6.54 Å². The highest BCUT2D eigenvalue weighted by molar-refractivity contribution is 5.69. The van der Waals surface area contributed by atoms with Crippen LogP contribution in [0.2, 0.25) is 0 Å². The number of carboxylic acids is 1. The molecule has 0 heterocycles. The van der Waals surface area contributed by atoms with Crippen molar-refractivity contribution in [1.82, 2.24) is 4.90 Å². The smallest absolute Gasteiger partial charge is 0.317 e. The number of nitrogens with zero attached hydrogens (tertiary/aromatic N) is 1. The summed E-state index contributed by atoms with van der Waals surface area (Å²) in [6, 6.07) is 9.57. The number of carboxylic acid groups (broad SMARTS) is 1. The summed E-state index contributed by atoms with van der Waals surface area (Å²) in [5.41, 5.74) is 1.05. The van der Waals surface area contributed by atoms with Crippen molar-refractivity contribution in [1.29, 1.82) is 0 Å². The third kappa shape index (κ3) is 4.47. The molecule has 1 aromatic rings. The molecule has 4 nitrogen and oxygen atoms in total. The number of carbonyl (C=O) groups is 1. The van der Waals surface area contributed by atoms with Crippen molar-refractivity contribution in [3.05, 3.63) is 35.9 Å². The molecule has 0 aliphatic carbocycles. The minimum atomic E-state index is -0.870. The number of hydrogen-bond acceptors (Lipinski definition) is 3. The quantitative estimate of drug-likeness (QED) is 0.772. The zero-order chi connectivity index (χ0) is 13.5. The van der Waals surface area contributed by atoms with Crippen molar-refractivity contribution >= 4 is 5.97 Å². The Bertz CT molecular complexity index is 365. The van der Waals surface area contributed by atoms with Gasteiger partial charge in [-0.05, 0) is 11.5 Å². The molecule has 0 fully saturated rings. The SMILES string of the molecule is CC(C)C(CO)N(CC(=O)O)Cc1ccccc1. The van der Waals surface area contributed by atoms with Gasteiger partial charge in [-0.3, -0.25) is 9.69 Å². The Balaban J connectivity index is 2.80. The van der Waals surface area contributed by atoms with E-state index in [2.05, 4.69) is 0 Å². The van der Waals surface area contributed by atoms with Gasteiger partial charge >= 0.3 is 5.97 Å². The molecule has 0 bridgehead atoms. The van der Waals surface area contributed by atoms with E-state index in [0.717, 1.165) is 5.56 Å². The van der Waals surface area contributed by atoms with Gasteiger partial charge in [0.25, 0.3) is 0 Å². The molecule has 0 saturated carbocycles. The first-order chi connectivity index (χ1) is 8.54. The maximum Gasteiger partial charge on any atom is 0.317 e. The second kappa shape index (κ2) is 7.13. The van der Waals surface area contributed by atoms with Crippen LogP contribution in [0.15, 0.2) is 30.3 Å². The summed E-state index contributed by atoms with van der Waals surface area (Å²) in [5.74, 6) is -0.664. The third-order valence-corrected chi connectivity index (χ3v) is 2.99. The molecule has 100 valence electrons. The van der Waals surface area contributed by atoms with Gasteiger partial charge in [-0.25, -0.2) is 0 Å². The molecule has 2 N–H and O–H groups in total. The van der Waals surface area contributed by atoms with Crippen molar-refractivity contribution in [2.24, 2.45) is 5.92 Å². The molecule has 1 aromatic carbocycles.